The van der Waals surface area contributed by atoms with Gasteiger partial charge in [-0.3, -0.25) is 15.0 Å². The van der Waals surface area contributed by atoms with Crippen LogP contribution >= 0.6 is 0 Å². The van der Waals surface area contributed by atoms with Crippen LogP contribution in [0.2, 0.25) is 0 Å². The monoisotopic (exact) mass is 224 g/mol. The topological polar surface area (TPSA) is 83.7 Å². The van der Waals surface area contributed by atoms with Gasteiger partial charge >= 0.3 is 6.09 Å². The highest BCUT2D eigenvalue weighted by molar-refractivity contribution is 5.86. The predicted octanol–water partition coefficient (Wildman–Crippen LogP) is 2.41. The second-order valence-corrected chi connectivity index (χ2v) is 3.25. The number of anilines is 1. The van der Waals surface area contributed by atoms with Gasteiger partial charge in [0.25, 0.3) is 5.69 Å². The van der Waals surface area contributed by atoms with Gasteiger partial charge in [-0.25, -0.2) is 4.79 Å². The molecule has 0 saturated heterocycles. The molecule has 1 rings (SSSR count). The number of nitro benzene ring substituents is 1. The molecule has 16 heavy (non-hydrogen) atoms. The molecule has 0 heterocycles. The molecule has 0 aliphatic carbocycles. The van der Waals surface area contributed by atoms with Crippen LogP contribution < -0.4 is 4.90 Å². The number of benzene rings is 1. The van der Waals surface area contributed by atoms with Gasteiger partial charge in [-0.15, -0.1) is 0 Å². The Morgan fingerprint density at radius 3 is 2.62 bits per heavy atom. The van der Waals surface area contributed by atoms with Crippen molar-refractivity contribution in [2.45, 2.75) is 13.8 Å². The molecule has 0 spiro atoms. The molecule has 0 aliphatic heterocycles. The van der Waals surface area contributed by atoms with Crippen LogP contribution in [0.1, 0.15) is 12.5 Å². The molecule has 0 aromatic heterocycles. The van der Waals surface area contributed by atoms with E-state index in [1.54, 1.807) is 26.0 Å². The summed E-state index contributed by atoms with van der Waals surface area (Å²) in [6.45, 7) is 3.52. The molecule has 6 nitrogen and oxygen atoms in total. The molecule has 1 aromatic carbocycles. The van der Waals surface area contributed by atoms with Crippen LogP contribution in [0.4, 0.5) is 16.2 Å². The Kier molecular flexibility index (Phi) is 3.44. The van der Waals surface area contributed by atoms with E-state index in [9.17, 15) is 14.9 Å². The fourth-order valence-electron chi connectivity index (χ4n) is 1.39. The van der Waals surface area contributed by atoms with Gasteiger partial charge in [-0.1, -0.05) is 6.07 Å². The van der Waals surface area contributed by atoms with E-state index in [4.69, 9.17) is 5.11 Å². The molecule has 0 fully saturated rings. The second kappa shape index (κ2) is 4.61. The molecule has 0 aliphatic rings. The number of aryl methyl sites for hydroxylation is 1. The molecule has 0 bridgehead atoms. The minimum atomic E-state index is -1.12. The molecule has 0 unspecified atom stereocenters. The van der Waals surface area contributed by atoms with E-state index in [0.29, 0.717) is 11.3 Å². The zero-order valence-corrected chi connectivity index (χ0v) is 9.01. The average Bonchev–Trinajstić information content (AvgIpc) is 2.20. The lowest BCUT2D eigenvalue weighted by atomic mass is 10.2. The van der Waals surface area contributed by atoms with Crippen LogP contribution in [0.3, 0.4) is 0 Å². The van der Waals surface area contributed by atoms with E-state index in [1.165, 1.54) is 6.07 Å². The maximum atomic E-state index is 10.9. The zero-order valence-electron chi connectivity index (χ0n) is 9.01. The van der Waals surface area contributed by atoms with E-state index >= 15 is 0 Å². The Hall–Kier alpha value is -2.11. The molecule has 0 saturated carbocycles. The number of amides is 1. The highest BCUT2D eigenvalue weighted by Gasteiger charge is 2.17. The number of hydrogen-bond donors (Lipinski definition) is 1. The summed E-state index contributed by atoms with van der Waals surface area (Å²) < 4.78 is 0. The van der Waals surface area contributed by atoms with Crippen LogP contribution in [0, 0.1) is 17.0 Å². The summed E-state index contributed by atoms with van der Waals surface area (Å²) in [6, 6.07) is 4.37. The third-order valence-electron chi connectivity index (χ3n) is 2.25. The van der Waals surface area contributed by atoms with Gasteiger partial charge in [-0.2, -0.15) is 0 Å². The van der Waals surface area contributed by atoms with E-state index in [1.807, 2.05) is 0 Å². The van der Waals surface area contributed by atoms with Crippen molar-refractivity contribution in [3.8, 4) is 0 Å². The van der Waals surface area contributed by atoms with Crippen molar-refractivity contribution in [3.05, 3.63) is 33.9 Å². The van der Waals surface area contributed by atoms with E-state index < -0.39 is 11.0 Å². The summed E-state index contributed by atoms with van der Waals surface area (Å²) in [5.74, 6) is 0. The van der Waals surface area contributed by atoms with Crippen molar-refractivity contribution in [1.82, 2.24) is 0 Å². The lowest BCUT2D eigenvalue weighted by Gasteiger charge is -2.16. The molecule has 1 amide bonds. The number of hydrogen-bond acceptors (Lipinski definition) is 3. The number of nitrogens with zero attached hydrogens (tertiary/aromatic N) is 2. The smallest absolute Gasteiger partial charge is 0.411 e. The average molecular weight is 224 g/mol. The van der Waals surface area contributed by atoms with Crippen molar-refractivity contribution in [2.75, 3.05) is 11.4 Å². The fraction of sp³-hybridized carbons (Fsp3) is 0.300. The number of carboxylic acid groups (broad SMARTS) is 1. The second-order valence-electron chi connectivity index (χ2n) is 3.25. The fourth-order valence-corrected chi connectivity index (χ4v) is 1.39. The maximum Gasteiger partial charge on any atom is 0.411 e. The van der Waals surface area contributed by atoms with Gasteiger partial charge < -0.3 is 5.11 Å². The standard InChI is InChI=1S/C10H12N2O4/c1-3-11(10(13)14)8-5-4-7(2)9(6-8)12(15)16/h4-6H,3H2,1-2H3,(H,13,14). The van der Waals surface area contributed by atoms with Crippen LogP contribution in [0.25, 0.3) is 0 Å². The highest BCUT2D eigenvalue weighted by atomic mass is 16.6. The summed E-state index contributed by atoms with van der Waals surface area (Å²) in [4.78, 5) is 22.1. The van der Waals surface area contributed by atoms with E-state index in [2.05, 4.69) is 0 Å². The Morgan fingerprint density at radius 2 is 2.19 bits per heavy atom. The third-order valence-corrected chi connectivity index (χ3v) is 2.25. The largest absolute Gasteiger partial charge is 0.465 e. The van der Waals surface area contributed by atoms with Crippen LogP contribution in [-0.2, 0) is 0 Å². The SMILES string of the molecule is CCN(C(=O)O)c1ccc(C)c([N+](=O)[O-])c1. The summed E-state index contributed by atoms with van der Waals surface area (Å²) >= 11 is 0. The molecule has 1 aromatic rings. The zero-order chi connectivity index (χ0) is 12.3. The normalized spacial score (nSPS) is 9.88. The van der Waals surface area contributed by atoms with Gasteiger partial charge in [0.15, 0.2) is 0 Å². The first-order valence-corrected chi connectivity index (χ1v) is 4.73. The molecular weight excluding hydrogens is 212 g/mol. The minimum Gasteiger partial charge on any atom is -0.465 e. The minimum absolute atomic E-state index is 0.0720. The van der Waals surface area contributed by atoms with Crippen molar-refractivity contribution in [3.63, 3.8) is 0 Å². The first kappa shape index (κ1) is 12.0. The van der Waals surface area contributed by atoms with Crippen LogP contribution in [0.5, 0.6) is 0 Å². The molecular formula is C10H12N2O4. The lowest BCUT2D eigenvalue weighted by Crippen LogP contribution is -2.28. The van der Waals surface area contributed by atoms with Crippen LogP contribution in [-0.4, -0.2) is 22.7 Å². The molecule has 0 radical (unpaired) electrons. The first-order valence-electron chi connectivity index (χ1n) is 4.73. The van der Waals surface area contributed by atoms with Crippen molar-refractivity contribution in [1.29, 1.82) is 0 Å². The highest BCUT2D eigenvalue weighted by Crippen LogP contribution is 2.24. The first-order chi connectivity index (χ1) is 7.47. The Bertz CT molecular complexity index is 431. The van der Waals surface area contributed by atoms with E-state index in [0.717, 1.165) is 4.90 Å². The van der Waals surface area contributed by atoms with Gasteiger partial charge in [0.2, 0.25) is 0 Å². The summed E-state index contributed by atoms with van der Waals surface area (Å²) in [5.41, 5.74) is 0.750. The van der Waals surface area contributed by atoms with Crippen LogP contribution in [0.15, 0.2) is 18.2 Å². The van der Waals surface area contributed by atoms with Gasteiger partial charge in [0.1, 0.15) is 0 Å². The van der Waals surface area contributed by atoms with Gasteiger partial charge in [0.05, 0.1) is 10.6 Å². The van der Waals surface area contributed by atoms with Crippen molar-refractivity contribution < 1.29 is 14.8 Å². The van der Waals surface area contributed by atoms with E-state index in [-0.39, 0.29) is 12.2 Å². The summed E-state index contributed by atoms with van der Waals surface area (Å²) in [6.07, 6.45) is -1.12. The van der Waals surface area contributed by atoms with Gasteiger partial charge in [0, 0.05) is 18.2 Å². The van der Waals surface area contributed by atoms with Gasteiger partial charge in [-0.05, 0) is 19.9 Å². The Morgan fingerprint density at radius 1 is 1.56 bits per heavy atom. The number of nitro groups is 1. The molecule has 1 N–H and O–H groups in total. The lowest BCUT2D eigenvalue weighted by molar-refractivity contribution is -0.385. The predicted molar refractivity (Wildman–Crippen MR) is 58.9 cm³/mol. The Balaban J connectivity index is 3.21. The number of carbonyl (C=O) groups is 1. The third kappa shape index (κ3) is 2.28. The van der Waals surface area contributed by atoms with Crippen molar-refractivity contribution >= 4 is 17.5 Å². The molecule has 0 atom stereocenters. The molecule has 86 valence electrons. The molecule has 6 heteroatoms. The summed E-state index contributed by atoms with van der Waals surface area (Å²) in [5, 5.41) is 19.6. The van der Waals surface area contributed by atoms with Crippen molar-refractivity contribution in [2.24, 2.45) is 0 Å². The number of rotatable bonds is 3. The Labute approximate surface area is 92.3 Å². The summed E-state index contributed by atoms with van der Waals surface area (Å²) in [7, 11) is 0. The maximum absolute atomic E-state index is 10.9. The quantitative estimate of drug-likeness (QED) is 0.631.